The van der Waals surface area contributed by atoms with Gasteiger partial charge in [0.2, 0.25) is 5.91 Å². The van der Waals surface area contributed by atoms with E-state index in [4.69, 9.17) is 4.74 Å². The third-order valence-corrected chi connectivity index (χ3v) is 5.60. The fourth-order valence-electron chi connectivity index (χ4n) is 4.04. The van der Waals surface area contributed by atoms with Crippen molar-refractivity contribution in [2.45, 2.75) is 31.8 Å². The summed E-state index contributed by atoms with van der Waals surface area (Å²) in [5, 5.41) is 6.70. The number of nitrogens with one attached hydrogen (secondary N) is 2. The van der Waals surface area contributed by atoms with Crippen molar-refractivity contribution in [2.24, 2.45) is 0 Å². The minimum atomic E-state index is 0.141. The van der Waals surface area contributed by atoms with Gasteiger partial charge in [0.1, 0.15) is 5.75 Å². The lowest BCUT2D eigenvalue weighted by Gasteiger charge is -2.37. The minimum Gasteiger partial charge on any atom is -0.496 e. The van der Waals surface area contributed by atoms with E-state index < -0.39 is 0 Å². The van der Waals surface area contributed by atoms with Gasteiger partial charge in [-0.05, 0) is 25.5 Å². The Hall–Kier alpha value is -1.63. The van der Waals surface area contributed by atoms with E-state index in [1.54, 1.807) is 7.11 Å². The summed E-state index contributed by atoms with van der Waals surface area (Å²) in [5.74, 6) is 1.03. The molecule has 2 saturated heterocycles. The summed E-state index contributed by atoms with van der Waals surface area (Å²) in [7, 11) is 1.70. The monoisotopic (exact) mass is 360 g/mol. The second-order valence-electron chi connectivity index (χ2n) is 7.21. The molecule has 26 heavy (non-hydrogen) atoms. The second-order valence-corrected chi connectivity index (χ2v) is 7.21. The molecule has 1 atom stereocenters. The Bertz CT molecular complexity index is 587. The number of amides is 1. The largest absolute Gasteiger partial charge is 0.496 e. The van der Waals surface area contributed by atoms with Crippen LogP contribution in [0.3, 0.4) is 0 Å². The van der Waals surface area contributed by atoms with Crippen LogP contribution in [-0.2, 0) is 4.79 Å². The Kier molecular flexibility index (Phi) is 6.88. The molecular formula is C20H32N4O2. The molecule has 1 unspecified atom stereocenters. The first kappa shape index (κ1) is 19.1. The van der Waals surface area contributed by atoms with Gasteiger partial charge in [-0.15, -0.1) is 0 Å². The fraction of sp³-hybridized carbons (Fsp3) is 0.650. The number of methoxy groups -OCH3 is 1. The lowest BCUT2D eigenvalue weighted by Crippen LogP contribution is -2.52. The van der Waals surface area contributed by atoms with Gasteiger partial charge >= 0.3 is 0 Å². The number of ether oxygens (including phenoxy) is 1. The zero-order valence-corrected chi connectivity index (χ0v) is 16.0. The van der Waals surface area contributed by atoms with Gasteiger partial charge < -0.3 is 20.3 Å². The summed E-state index contributed by atoms with van der Waals surface area (Å²) in [5.41, 5.74) is 1.14. The third-order valence-electron chi connectivity index (χ3n) is 5.60. The average Bonchev–Trinajstić information content (AvgIpc) is 2.69. The molecule has 2 aliphatic rings. The Morgan fingerprint density at radius 2 is 2.04 bits per heavy atom. The number of rotatable bonds is 6. The van der Waals surface area contributed by atoms with Crippen molar-refractivity contribution in [3.05, 3.63) is 29.8 Å². The number of hydrogen-bond donors (Lipinski definition) is 2. The molecule has 0 radical (unpaired) electrons. The number of benzene rings is 1. The topological polar surface area (TPSA) is 56.8 Å². The molecule has 2 N–H and O–H groups in total. The van der Waals surface area contributed by atoms with Crippen LogP contribution in [0.4, 0.5) is 0 Å². The van der Waals surface area contributed by atoms with E-state index in [-0.39, 0.29) is 11.9 Å². The minimum absolute atomic E-state index is 0.141. The molecule has 0 saturated carbocycles. The van der Waals surface area contributed by atoms with Gasteiger partial charge in [-0.3, -0.25) is 9.69 Å². The van der Waals surface area contributed by atoms with Crippen molar-refractivity contribution in [1.29, 1.82) is 0 Å². The molecule has 1 amide bonds. The Morgan fingerprint density at radius 1 is 1.27 bits per heavy atom. The van der Waals surface area contributed by atoms with Crippen molar-refractivity contribution in [1.82, 2.24) is 20.4 Å². The molecule has 144 valence electrons. The van der Waals surface area contributed by atoms with Crippen LogP contribution in [0.5, 0.6) is 5.75 Å². The molecule has 2 aliphatic heterocycles. The number of piperazine rings is 1. The summed E-state index contributed by atoms with van der Waals surface area (Å²) in [6.07, 6.45) is 2.11. The zero-order chi connectivity index (χ0) is 18.4. The summed E-state index contributed by atoms with van der Waals surface area (Å²) < 4.78 is 5.53. The first-order valence-corrected chi connectivity index (χ1v) is 9.80. The molecule has 1 aromatic rings. The SMILES string of the molecule is CCN1CCC(NC(=O)CN2CCNCC2c2ccccc2OC)CC1. The highest BCUT2D eigenvalue weighted by atomic mass is 16.5. The summed E-state index contributed by atoms with van der Waals surface area (Å²) in [4.78, 5) is 17.4. The predicted octanol–water partition coefficient (Wildman–Crippen LogP) is 1.24. The van der Waals surface area contributed by atoms with Gasteiger partial charge in [-0.1, -0.05) is 25.1 Å². The number of nitrogens with zero attached hydrogens (tertiary/aromatic N) is 2. The highest BCUT2D eigenvalue weighted by Crippen LogP contribution is 2.29. The standard InChI is InChI=1S/C20H32N4O2/c1-3-23-11-8-16(9-12-23)22-20(25)15-24-13-10-21-14-18(24)17-6-4-5-7-19(17)26-2/h4-7,16,18,21H,3,8-15H2,1-2H3,(H,22,25). The normalized spacial score (nSPS) is 22.9. The van der Waals surface area contributed by atoms with E-state index in [9.17, 15) is 4.79 Å². The third kappa shape index (κ3) is 4.75. The molecule has 1 aromatic carbocycles. The number of carbonyl (C=O) groups excluding carboxylic acids is 1. The van der Waals surface area contributed by atoms with Crippen LogP contribution in [-0.4, -0.2) is 74.7 Å². The zero-order valence-electron chi connectivity index (χ0n) is 16.0. The molecule has 2 fully saturated rings. The molecule has 6 heteroatoms. The summed E-state index contributed by atoms with van der Waals surface area (Å²) >= 11 is 0. The Morgan fingerprint density at radius 3 is 2.77 bits per heavy atom. The van der Waals surface area contributed by atoms with E-state index in [1.807, 2.05) is 18.2 Å². The molecule has 2 heterocycles. The molecule has 0 bridgehead atoms. The van der Waals surface area contributed by atoms with Crippen molar-refractivity contribution in [3.8, 4) is 5.75 Å². The first-order chi connectivity index (χ1) is 12.7. The van der Waals surface area contributed by atoms with Crippen molar-refractivity contribution < 1.29 is 9.53 Å². The highest BCUT2D eigenvalue weighted by Gasteiger charge is 2.28. The van der Waals surface area contributed by atoms with Gasteiger partial charge in [0, 0.05) is 44.3 Å². The van der Waals surface area contributed by atoms with Gasteiger partial charge in [0.25, 0.3) is 0 Å². The molecule has 3 rings (SSSR count). The molecule has 0 aromatic heterocycles. The van der Waals surface area contributed by atoms with Gasteiger partial charge in [0.05, 0.1) is 19.7 Å². The lowest BCUT2D eigenvalue weighted by molar-refractivity contribution is -0.124. The molecule has 6 nitrogen and oxygen atoms in total. The van der Waals surface area contributed by atoms with E-state index in [0.29, 0.717) is 12.6 Å². The molecular weight excluding hydrogens is 328 g/mol. The smallest absolute Gasteiger partial charge is 0.234 e. The van der Waals surface area contributed by atoms with E-state index in [0.717, 1.165) is 63.4 Å². The van der Waals surface area contributed by atoms with E-state index in [2.05, 4.69) is 33.4 Å². The van der Waals surface area contributed by atoms with Crippen molar-refractivity contribution in [3.63, 3.8) is 0 Å². The van der Waals surface area contributed by atoms with Gasteiger partial charge in [-0.25, -0.2) is 0 Å². The maximum Gasteiger partial charge on any atom is 0.234 e. The summed E-state index contributed by atoms with van der Waals surface area (Å²) in [6, 6.07) is 8.58. The number of likely N-dealkylation sites (tertiary alicyclic amines) is 1. The van der Waals surface area contributed by atoms with Crippen LogP contribution < -0.4 is 15.4 Å². The highest BCUT2D eigenvalue weighted by molar-refractivity contribution is 5.78. The van der Waals surface area contributed by atoms with Crippen molar-refractivity contribution in [2.75, 3.05) is 52.9 Å². The van der Waals surface area contributed by atoms with E-state index in [1.165, 1.54) is 0 Å². The van der Waals surface area contributed by atoms with Crippen LogP contribution in [0.15, 0.2) is 24.3 Å². The number of carbonyl (C=O) groups is 1. The van der Waals surface area contributed by atoms with E-state index >= 15 is 0 Å². The van der Waals surface area contributed by atoms with Crippen LogP contribution in [0, 0.1) is 0 Å². The van der Waals surface area contributed by atoms with Crippen molar-refractivity contribution >= 4 is 5.91 Å². The van der Waals surface area contributed by atoms with Gasteiger partial charge in [0.15, 0.2) is 0 Å². The number of piperidine rings is 1. The van der Waals surface area contributed by atoms with Gasteiger partial charge in [-0.2, -0.15) is 0 Å². The fourth-order valence-corrected chi connectivity index (χ4v) is 4.04. The second kappa shape index (κ2) is 9.35. The average molecular weight is 361 g/mol. The van der Waals surface area contributed by atoms with Crippen LogP contribution >= 0.6 is 0 Å². The number of hydrogen-bond acceptors (Lipinski definition) is 5. The van der Waals surface area contributed by atoms with Crippen LogP contribution in [0.1, 0.15) is 31.4 Å². The quantitative estimate of drug-likeness (QED) is 0.799. The molecule has 0 aliphatic carbocycles. The maximum absolute atomic E-state index is 12.6. The van der Waals surface area contributed by atoms with Crippen LogP contribution in [0.2, 0.25) is 0 Å². The predicted molar refractivity (Wildman–Crippen MR) is 103 cm³/mol. The first-order valence-electron chi connectivity index (χ1n) is 9.80. The molecule has 0 spiro atoms. The summed E-state index contributed by atoms with van der Waals surface area (Å²) in [6.45, 7) is 8.51. The van der Waals surface area contributed by atoms with Crippen LogP contribution in [0.25, 0.3) is 0 Å². The Balaban J connectivity index is 1.59. The Labute approximate surface area is 156 Å². The number of para-hydroxylation sites is 1. The lowest BCUT2D eigenvalue weighted by atomic mass is 10.0. The maximum atomic E-state index is 12.6.